The summed E-state index contributed by atoms with van der Waals surface area (Å²) in [6.07, 6.45) is 1.39. The number of amides is 2. The van der Waals surface area contributed by atoms with Crippen LogP contribution in [0.4, 0.5) is 11.4 Å². The first-order chi connectivity index (χ1) is 18.2. The van der Waals surface area contributed by atoms with Gasteiger partial charge in [0, 0.05) is 61.4 Å². The molecule has 0 spiro atoms. The van der Waals surface area contributed by atoms with Gasteiger partial charge in [-0.25, -0.2) is 0 Å². The minimum Gasteiger partial charge on any atom is -0.352 e. The lowest BCUT2D eigenvalue weighted by atomic mass is 10.1. The van der Waals surface area contributed by atoms with Crippen molar-refractivity contribution in [3.05, 3.63) is 77.8 Å². The molecule has 1 heterocycles. The fraction of sp³-hybridized carbons (Fsp3) is 0.417. The molecule has 38 heavy (non-hydrogen) atoms. The average molecular weight is 567 g/mol. The Kier molecular flexibility index (Phi) is 10.8. The van der Waals surface area contributed by atoms with Gasteiger partial charge in [0.25, 0.3) is 23.2 Å². The molecule has 0 unspecified atom stereocenters. The van der Waals surface area contributed by atoms with Crippen molar-refractivity contribution >= 4 is 46.4 Å². The smallest absolute Gasteiger partial charge is 0.282 e. The van der Waals surface area contributed by atoms with Crippen LogP contribution >= 0.6 is 23.2 Å². The molecule has 2 aromatic rings. The Balaban J connectivity index is 1.31. The average Bonchev–Trinajstić information content (AvgIpc) is 2.89. The number of piperazine rings is 1. The largest absolute Gasteiger partial charge is 0.352 e. The van der Waals surface area contributed by atoms with Crippen LogP contribution in [0.5, 0.6) is 0 Å². The zero-order valence-electron chi connectivity index (χ0n) is 20.5. The molecule has 2 amide bonds. The molecule has 3 rings (SSSR count). The van der Waals surface area contributed by atoms with Gasteiger partial charge in [0.2, 0.25) is 0 Å². The van der Waals surface area contributed by atoms with Crippen LogP contribution in [0.15, 0.2) is 36.4 Å². The number of carbonyl (C=O) groups excluding carboxylic acids is 2. The Bertz CT molecular complexity index is 1100. The van der Waals surface area contributed by atoms with Crippen molar-refractivity contribution in [3.8, 4) is 0 Å². The molecule has 0 atom stereocenters. The van der Waals surface area contributed by atoms with E-state index >= 15 is 0 Å². The number of rotatable bonds is 12. The van der Waals surface area contributed by atoms with Crippen LogP contribution < -0.4 is 10.6 Å². The highest BCUT2D eigenvalue weighted by Crippen LogP contribution is 2.23. The Morgan fingerprint density at radius 1 is 0.737 bits per heavy atom. The fourth-order valence-corrected chi connectivity index (χ4v) is 4.48. The lowest BCUT2D eigenvalue weighted by Crippen LogP contribution is -2.47. The summed E-state index contributed by atoms with van der Waals surface area (Å²) in [7, 11) is 0. The maximum Gasteiger partial charge on any atom is 0.282 e. The number of nitro benzene ring substituents is 2. The summed E-state index contributed by atoms with van der Waals surface area (Å²) < 4.78 is 0. The standard InChI is InChI=1S/C24H28Cl2N6O6/c25-17-3-5-21(31(35)36)19(15-17)23(33)27-7-1-9-29-11-13-30(14-12-29)10-2-8-28-24(34)20-16-18(26)4-6-22(20)32(37)38/h3-6,15-16H,1-2,7-14H2,(H,27,33)(H,28,34). The molecular formula is C24H28Cl2N6O6. The van der Waals surface area contributed by atoms with Crippen LogP contribution in [0.3, 0.4) is 0 Å². The number of hydrogen-bond donors (Lipinski definition) is 2. The molecular weight excluding hydrogens is 539 g/mol. The minimum atomic E-state index is -0.607. The van der Waals surface area contributed by atoms with Crippen molar-refractivity contribution in [2.75, 3.05) is 52.4 Å². The number of hydrogen-bond acceptors (Lipinski definition) is 8. The van der Waals surface area contributed by atoms with Crippen LogP contribution in [0.2, 0.25) is 10.0 Å². The van der Waals surface area contributed by atoms with Crippen molar-refractivity contribution in [2.24, 2.45) is 0 Å². The first kappa shape index (κ1) is 29.2. The van der Waals surface area contributed by atoms with Gasteiger partial charge in [0.05, 0.1) is 9.85 Å². The lowest BCUT2D eigenvalue weighted by Gasteiger charge is -2.34. The number of halogens is 2. The molecule has 0 saturated carbocycles. The summed E-state index contributed by atoms with van der Waals surface area (Å²) in [5.41, 5.74) is -0.682. The Morgan fingerprint density at radius 2 is 1.11 bits per heavy atom. The highest BCUT2D eigenvalue weighted by Gasteiger charge is 2.22. The van der Waals surface area contributed by atoms with Crippen molar-refractivity contribution in [2.45, 2.75) is 12.8 Å². The van der Waals surface area contributed by atoms with Crippen LogP contribution in [-0.2, 0) is 0 Å². The summed E-state index contributed by atoms with van der Waals surface area (Å²) in [4.78, 5) is 50.4. The molecule has 12 nitrogen and oxygen atoms in total. The number of carbonyl (C=O) groups is 2. The van der Waals surface area contributed by atoms with Gasteiger partial charge in [-0.1, -0.05) is 23.2 Å². The van der Waals surface area contributed by atoms with Crippen molar-refractivity contribution in [3.63, 3.8) is 0 Å². The molecule has 14 heteroatoms. The van der Waals surface area contributed by atoms with E-state index in [1.807, 2.05) is 0 Å². The molecule has 1 aliphatic rings. The Hall–Kier alpha value is -3.32. The molecule has 0 aromatic heterocycles. The highest BCUT2D eigenvalue weighted by molar-refractivity contribution is 6.31. The Labute approximate surface area is 229 Å². The molecule has 0 aliphatic carbocycles. The van der Waals surface area contributed by atoms with E-state index in [1.165, 1.54) is 36.4 Å². The number of nitro groups is 2. The summed E-state index contributed by atoms with van der Waals surface area (Å²) in [5.74, 6) is -1.05. The molecule has 1 aliphatic heterocycles. The summed E-state index contributed by atoms with van der Waals surface area (Å²) in [6, 6.07) is 7.77. The van der Waals surface area contributed by atoms with Crippen LogP contribution in [0, 0.1) is 20.2 Å². The SMILES string of the molecule is O=C(NCCCN1CCN(CCCNC(=O)c2cc(Cl)ccc2[N+](=O)[O-])CC1)c1cc(Cl)ccc1[N+](=O)[O-]. The zero-order valence-corrected chi connectivity index (χ0v) is 22.0. The molecule has 204 valence electrons. The Morgan fingerprint density at radius 3 is 1.45 bits per heavy atom. The topological polar surface area (TPSA) is 151 Å². The first-order valence-electron chi connectivity index (χ1n) is 12.0. The van der Waals surface area contributed by atoms with Gasteiger partial charge in [0.1, 0.15) is 11.1 Å². The first-order valence-corrected chi connectivity index (χ1v) is 12.8. The van der Waals surface area contributed by atoms with Crippen LogP contribution in [0.25, 0.3) is 0 Å². The normalized spacial score (nSPS) is 14.2. The molecule has 1 saturated heterocycles. The third-order valence-electron chi connectivity index (χ3n) is 6.14. The van der Waals surface area contributed by atoms with Gasteiger partial charge in [-0.15, -0.1) is 0 Å². The molecule has 2 N–H and O–H groups in total. The van der Waals surface area contributed by atoms with Gasteiger partial charge in [0.15, 0.2) is 0 Å². The second-order valence-electron chi connectivity index (χ2n) is 8.74. The second-order valence-corrected chi connectivity index (χ2v) is 9.61. The van der Waals surface area contributed by atoms with E-state index in [4.69, 9.17) is 23.2 Å². The number of benzene rings is 2. The third kappa shape index (κ3) is 8.35. The maximum atomic E-state index is 12.4. The molecule has 0 bridgehead atoms. The summed E-state index contributed by atoms with van der Waals surface area (Å²) in [5, 5.41) is 28.2. The predicted octanol–water partition coefficient (Wildman–Crippen LogP) is 3.37. The fourth-order valence-electron chi connectivity index (χ4n) is 4.13. The summed E-state index contributed by atoms with van der Waals surface area (Å²) >= 11 is 11.8. The van der Waals surface area contributed by atoms with E-state index in [-0.39, 0.29) is 32.5 Å². The zero-order chi connectivity index (χ0) is 27.7. The van der Waals surface area contributed by atoms with Crippen molar-refractivity contribution in [1.29, 1.82) is 0 Å². The van der Waals surface area contributed by atoms with Gasteiger partial charge >= 0.3 is 0 Å². The van der Waals surface area contributed by atoms with E-state index < -0.39 is 21.7 Å². The van der Waals surface area contributed by atoms with E-state index in [0.29, 0.717) is 25.9 Å². The lowest BCUT2D eigenvalue weighted by molar-refractivity contribution is -0.385. The second kappa shape index (κ2) is 14.0. The van der Waals surface area contributed by atoms with E-state index in [2.05, 4.69) is 20.4 Å². The quantitative estimate of drug-likeness (QED) is 0.225. The number of nitrogens with zero attached hydrogens (tertiary/aromatic N) is 4. The number of nitrogens with one attached hydrogen (secondary N) is 2. The van der Waals surface area contributed by atoms with Crippen molar-refractivity contribution in [1.82, 2.24) is 20.4 Å². The van der Waals surface area contributed by atoms with Crippen LogP contribution in [-0.4, -0.2) is 83.8 Å². The predicted molar refractivity (Wildman–Crippen MR) is 143 cm³/mol. The third-order valence-corrected chi connectivity index (χ3v) is 6.61. The van der Waals surface area contributed by atoms with Gasteiger partial charge < -0.3 is 20.4 Å². The summed E-state index contributed by atoms with van der Waals surface area (Å²) in [6.45, 7) is 5.74. The minimum absolute atomic E-state index is 0.0573. The highest BCUT2D eigenvalue weighted by atomic mass is 35.5. The van der Waals surface area contributed by atoms with Gasteiger partial charge in [-0.2, -0.15) is 0 Å². The molecule has 1 fully saturated rings. The van der Waals surface area contributed by atoms with E-state index in [1.54, 1.807) is 0 Å². The van der Waals surface area contributed by atoms with Gasteiger partial charge in [-0.05, 0) is 50.2 Å². The van der Waals surface area contributed by atoms with E-state index in [9.17, 15) is 29.8 Å². The molecule has 2 aromatic carbocycles. The molecule has 0 radical (unpaired) electrons. The monoisotopic (exact) mass is 566 g/mol. The maximum absolute atomic E-state index is 12.4. The van der Waals surface area contributed by atoms with Gasteiger partial charge in [-0.3, -0.25) is 29.8 Å². The van der Waals surface area contributed by atoms with Crippen LogP contribution in [0.1, 0.15) is 33.6 Å². The van der Waals surface area contributed by atoms with E-state index in [0.717, 1.165) is 39.3 Å². The van der Waals surface area contributed by atoms with Crippen molar-refractivity contribution < 1.29 is 19.4 Å².